The SMILES string of the molecule is Cc1ccn(CCC(=O)N[C@@H]2CO[C@H](Cn3cnc4c(=O)n(C)c(=O)n(C)c43)[C@@H](O)[C@H]2O)n1. The van der Waals surface area contributed by atoms with Crippen molar-refractivity contribution in [2.24, 2.45) is 14.1 Å². The molecule has 33 heavy (non-hydrogen) atoms. The largest absolute Gasteiger partial charge is 0.388 e. The van der Waals surface area contributed by atoms with Gasteiger partial charge in [-0.05, 0) is 13.0 Å². The van der Waals surface area contributed by atoms with Crippen molar-refractivity contribution < 1.29 is 19.7 Å². The fourth-order valence-corrected chi connectivity index (χ4v) is 4.02. The highest BCUT2D eigenvalue weighted by Crippen LogP contribution is 2.19. The van der Waals surface area contributed by atoms with Gasteiger partial charge in [0.25, 0.3) is 5.56 Å². The first-order valence-electron chi connectivity index (χ1n) is 10.6. The van der Waals surface area contributed by atoms with Crippen molar-refractivity contribution in [3.05, 3.63) is 45.1 Å². The molecule has 1 fully saturated rings. The summed E-state index contributed by atoms with van der Waals surface area (Å²) in [7, 11) is 2.89. The smallest absolute Gasteiger partial charge is 0.332 e. The highest BCUT2D eigenvalue weighted by molar-refractivity contribution is 5.76. The molecule has 3 aromatic heterocycles. The zero-order valence-corrected chi connectivity index (χ0v) is 18.6. The van der Waals surface area contributed by atoms with E-state index in [2.05, 4.69) is 15.4 Å². The Balaban J connectivity index is 1.41. The average molecular weight is 461 g/mol. The third-order valence-corrected chi connectivity index (χ3v) is 5.91. The molecular weight excluding hydrogens is 434 g/mol. The number of amides is 1. The monoisotopic (exact) mass is 461 g/mol. The molecule has 4 heterocycles. The van der Waals surface area contributed by atoms with Crippen LogP contribution in [0.5, 0.6) is 0 Å². The third-order valence-electron chi connectivity index (χ3n) is 5.91. The summed E-state index contributed by atoms with van der Waals surface area (Å²) in [5.41, 5.74) is 0.227. The average Bonchev–Trinajstić information content (AvgIpc) is 3.40. The maximum Gasteiger partial charge on any atom is 0.332 e. The number of imidazole rings is 1. The van der Waals surface area contributed by atoms with Crippen LogP contribution in [-0.2, 0) is 36.7 Å². The van der Waals surface area contributed by atoms with Gasteiger partial charge in [0.05, 0.1) is 31.2 Å². The number of carbonyl (C=O) groups is 1. The van der Waals surface area contributed by atoms with Gasteiger partial charge in [-0.1, -0.05) is 0 Å². The molecule has 0 saturated carbocycles. The van der Waals surface area contributed by atoms with Crippen LogP contribution in [0, 0.1) is 6.92 Å². The van der Waals surface area contributed by atoms with Crippen LogP contribution in [0.3, 0.4) is 0 Å². The summed E-state index contributed by atoms with van der Waals surface area (Å²) < 4.78 is 11.2. The van der Waals surface area contributed by atoms with Gasteiger partial charge < -0.3 is 24.8 Å². The molecule has 0 bridgehead atoms. The van der Waals surface area contributed by atoms with E-state index in [9.17, 15) is 24.6 Å². The van der Waals surface area contributed by atoms with Gasteiger partial charge in [0.15, 0.2) is 5.52 Å². The van der Waals surface area contributed by atoms with Crippen LogP contribution >= 0.6 is 0 Å². The standard InChI is InChI=1S/C20H27N7O6/c1-11-4-6-27(23-11)7-5-14(28)22-12-9-33-13(17(30)16(12)29)8-26-10-21-15-18(26)24(2)20(32)25(3)19(15)31/h4,6,10,12-13,16-17,29-30H,5,7-9H2,1-3H3,(H,22,28)/t12-,13-,16+,17-/m1/s1. The molecule has 1 amide bonds. The topological polar surface area (TPSA) is 158 Å². The Morgan fingerprint density at radius 1 is 1.24 bits per heavy atom. The number of hydrogen-bond acceptors (Lipinski definition) is 8. The second-order valence-electron chi connectivity index (χ2n) is 8.27. The number of hydrogen-bond donors (Lipinski definition) is 3. The fourth-order valence-electron chi connectivity index (χ4n) is 4.02. The highest BCUT2D eigenvalue weighted by atomic mass is 16.5. The summed E-state index contributed by atoms with van der Waals surface area (Å²) in [6, 6.07) is 1.06. The minimum atomic E-state index is -1.31. The number of aliphatic hydroxyl groups is 2. The quantitative estimate of drug-likeness (QED) is 0.368. The van der Waals surface area contributed by atoms with Crippen molar-refractivity contribution in [2.75, 3.05) is 6.61 Å². The first-order chi connectivity index (χ1) is 15.7. The Labute approximate surface area is 187 Å². The lowest BCUT2D eigenvalue weighted by Crippen LogP contribution is -2.60. The molecule has 178 valence electrons. The second kappa shape index (κ2) is 8.92. The lowest BCUT2D eigenvalue weighted by Gasteiger charge is -2.38. The predicted molar refractivity (Wildman–Crippen MR) is 115 cm³/mol. The number of nitrogens with one attached hydrogen (secondary N) is 1. The summed E-state index contributed by atoms with van der Waals surface area (Å²) >= 11 is 0. The molecule has 0 aliphatic carbocycles. The van der Waals surface area contributed by atoms with Crippen LogP contribution in [0.15, 0.2) is 28.2 Å². The summed E-state index contributed by atoms with van der Waals surface area (Å²) in [6.45, 7) is 2.29. The van der Waals surface area contributed by atoms with Gasteiger partial charge in [-0.3, -0.25) is 23.4 Å². The van der Waals surface area contributed by atoms with Crippen molar-refractivity contribution in [3.63, 3.8) is 0 Å². The molecule has 4 rings (SSSR count). The van der Waals surface area contributed by atoms with Gasteiger partial charge in [0, 0.05) is 33.3 Å². The third kappa shape index (κ3) is 4.34. The molecule has 0 unspecified atom stereocenters. The van der Waals surface area contributed by atoms with Gasteiger partial charge in [-0.15, -0.1) is 0 Å². The van der Waals surface area contributed by atoms with Crippen LogP contribution in [0.1, 0.15) is 12.1 Å². The van der Waals surface area contributed by atoms with Gasteiger partial charge in [0.2, 0.25) is 5.91 Å². The minimum Gasteiger partial charge on any atom is -0.388 e. The van der Waals surface area contributed by atoms with Crippen molar-refractivity contribution in [3.8, 4) is 0 Å². The van der Waals surface area contributed by atoms with Crippen LogP contribution in [0.2, 0.25) is 0 Å². The van der Waals surface area contributed by atoms with E-state index in [1.807, 2.05) is 13.0 Å². The number of aromatic nitrogens is 6. The first kappa shape index (κ1) is 22.9. The molecule has 13 nitrogen and oxygen atoms in total. The number of rotatable bonds is 6. The van der Waals surface area contributed by atoms with E-state index in [4.69, 9.17) is 4.74 Å². The fraction of sp³-hybridized carbons (Fsp3) is 0.550. The molecule has 1 aliphatic heterocycles. The Morgan fingerprint density at radius 2 is 2.00 bits per heavy atom. The van der Waals surface area contributed by atoms with Gasteiger partial charge in [-0.25, -0.2) is 9.78 Å². The number of nitrogens with zero attached hydrogens (tertiary/aromatic N) is 6. The molecule has 1 aliphatic rings. The molecule has 13 heteroatoms. The maximum atomic E-state index is 12.3. The minimum absolute atomic E-state index is 0.0111. The van der Waals surface area contributed by atoms with E-state index in [0.717, 1.165) is 10.3 Å². The van der Waals surface area contributed by atoms with Crippen LogP contribution < -0.4 is 16.6 Å². The van der Waals surface area contributed by atoms with Crippen molar-refractivity contribution >= 4 is 17.1 Å². The summed E-state index contributed by atoms with van der Waals surface area (Å²) in [4.78, 5) is 41.0. The van der Waals surface area contributed by atoms with Gasteiger partial charge >= 0.3 is 5.69 Å². The Bertz CT molecular complexity index is 1290. The number of fused-ring (bicyclic) bond motifs is 1. The zero-order chi connectivity index (χ0) is 23.9. The molecule has 1 saturated heterocycles. The van der Waals surface area contributed by atoms with Gasteiger partial charge in [-0.2, -0.15) is 5.10 Å². The normalized spacial score (nSPS) is 23.2. The Hall–Kier alpha value is -3.29. The lowest BCUT2D eigenvalue weighted by atomic mass is 9.97. The van der Waals surface area contributed by atoms with Gasteiger partial charge in [0.1, 0.15) is 24.0 Å². The summed E-state index contributed by atoms with van der Waals surface area (Å²) in [5.74, 6) is -0.298. The second-order valence-corrected chi connectivity index (χ2v) is 8.27. The number of aliphatic hydroxyl groups excluding tert-OH is 2. The Kier molecular flexibility index (Phi) is 6.19. The van der Waals surface area contributed by atoms with E-state index in [-0.39, 0.29) is 36.6 Å². The van der Waals surface area contributed by atoms with Crippen LogP contribution in [-0.4, -0.2) is 75.5 Å². The molecular formula is C20H27N7O6. The molecule has 0 radical (unpaired) electrons. The number of aryl methyl sites for hydroxylation is 3. The van der Waals surface area contributed by atoms with E-state index < -0.39 is 35.6 Å². The van der Waals surface area contributed by atoms with E-state index in [1.165, 1.54) is 29.6 Å². The molecule has 0 spiro atoms. The predicted octanol–water partition coefficient (Wildman–Crippen LogP) is -2.37. The number of ether oxygens (including phenoxy) is 1. The van der Waals surface area contributed by atoms with E-state index in [0.29, 0.717) is 6.54 Å². The molecule has 3 N–H and O–H groups in total. The van der Waals surface area contributed by atoms with Crippen molar-refractivity contribution in [1.82, 2.24) is 33.8 Å². The van der Waals surface area contributed by atoms with E-state index >= 15 is 0 Å². The number of carbonyl (C=O) groups excluding carboxylic acids is 1. The van der Waals surface area contributed by atoms with Crippen molar-refractivity contribution in [1.29, 1.82) is 0 Å². The van der Waals surface area contributed by atoms with Crippen LogP contribution in [0.25, 0.3) is 11.2 Å². The summed E-state index contributed by atoms with van der Waals surface area (Å²) in [5, 5.41) is 28.1. The van der Waals surface area contributed by atoms with Crippen molar-refractivity contribution in [2.45, 2.75) is 50.8 Å². The first-order valence-corrected chi connectivity index (χ1v) is 10.6. The van der Waals surface area contributed by atoms with E-state index in [1.54, 1.807) is 10.9 Å². The molecule has 4 atom stereocenters. The lowest BCUT2D eigenvalue weighted by molar-refractivity contribution is -0.158. The molecule has 3 aromatic rings. The highest BCUT2D eigenvalue weighted by Gasteiger charge is 2.39. The van der Waals surface area contributed by atoms with Crippen LogP contribution in [0.4, 0.5) is 0 Å². The Morgan fingerprint density at radius 3 is 2.70 bits per heavy atom. The maximum absolute atomic E-state index is 12.3. The zero-order valence-electron chi connectivity index (χ0n) is 18.6. The summed E-state index contributed by atoms with van der Waals surface area (Å²) in [6.07, 6.45) is -0.0741. The molecule has 0 aromatic carbocycles.